The molecule has 0 spiro atoms. The third kappa shape index (κ3) is 1.87. The molecule has 0 N–H and O–H groups in total. The van der Waals surface area contributed by atoms with Crippen molar-refractivity contribution in [2.75, 3.05) is 0 Å². The number of benzene rings is 3. The van der Waals surface area contributed by atoms with Gasteiger partial charge in [0.2, 0.25) is 0 Å². The van der Waals surface area contributed by atoms with E-state index in [0.717, 1.165) is 38.4 Å². The highest BCUT2D eigenvalue weighted by atomic mass is 16.3. The highest BCUT2D eigenvalue weighted by molar-refractivity contribution is 6.23. The fourth-order valence-corrected chi connectivity index (χ4v) is 4.03. The topological polar surface area (TPSA) is 41.9 Å². The smallest absolute Gasteiger partial charge is 0.145 e. The maximum atomic E-state index is 9.43. The zero-order valence-electron chi connectivity index (χ0n) is 14.7. The molecule has 0 radical (unpaired) electrons. The summed E-state index contributed by atoms with van der Waals surface area (Å²) in [6, 6.07) is 23.3. The molecule has 2 atom stereocenters. The number of furan rings is 1. The van der Waals surface area contributed by atoms with Crippen LogP contribution in [0.1, 0.15) is 19.9 Å². The first-order chi connectivity index (χ1) is 12.7. The number of para-hydroxylation sites is 2. The van der Waals surface area contributed by atoms with E-state index in [4.69, 9.17) is 4.42 Å². The number of nitriles is 1. The van der Waals surface area contributed by atoms with E-state index >= 15 is 0 Å². The van der Waals surface area contributed by atoms with Crippen molar-refractivity contribution in [2.24, 2.45) is 5.92 Å². The molecular formula is C23H18N2O. The summed E-state index contributed by atoms with van der Waals surface area (Å²) in [5.74, 6) is -0.0830. The number of hydrogen-bond acceptors (Lipinski definition) is 2. The Bertz CT molecular complexity index is 1330. The lowest BCUT2D eigenvalue weighted by molar-refractivity contribution is 0.475. The summed E-state index contributed by atoms with van der Waals surface area (Å²) in [7, 11) is 0. The van der Waals surface area contributed by atoms with Crippen LogP contribution in [0.25, 0.3) is 43.7 Å². The standard InChI is InChI=1S/C23H18N2O/c1-14(13-24)15(2)25-19-9-5-3-8-18(19)22-20(25)12-11-17-16-7-4-6-10-21(16)26-23(17)22/h3-12,14-15H,1-2H3. The molecule has 3 nitrogen and oxygen atoms in total. The summed E-state index contributed by atoms with van der Waals surface area (Å²) in [6.07, 6.45) is 0. The molecular weight excluding hydrogens is 320 g/mol. The second-order valence-corrected chi connectivity index (χ2v) is 6.98. The van der Waals surface area contributed by atoms with Gasteiger partial charge in [0.1, 0.15) is 11.2 Å². The molecule has 0 saturated carbocycles. The van der Waals surface area contributed by atoms with Gasteiger partial charge in [-0.15, -0.1) is 0 Å². The minimum Gasteiger partial charge on any atom is -0.455 e. The van der Waals surface area contributed by atoms with Gasteiger partial charge >= 0.3 is 0 Å². The van der Waals surface area contributed by atoms with E-state index in [-0.39, 0.29) is 12.0 Å². The van der Waals surface area contributed by atoms with Gasteiger partial charge < -0.3 is 8.98 Å². The quantitative estimate of drug-likeness (QED) is 0.373. The van der Waals surface area contributed by atoms with Crippen molar-refractivity contribution in [3.63, 3.8) is 0 Å². The van der Waals surface area contributed by atoms with Crippen LogP contribution in [0.3, 0.4) is 0 Å². The van der Waals surface area contributed by atoms with E-state index < -0.39 is 0 Å². The van der Waals surface area contributed by atoms with Crippen LogP contribution < -0.4 is 0 Å². The number of fused-ring (bicyclic) bond motifs is 7. The highest BCUT2D eigenvalue weighted by Gasteiger charge is 2.22. The molecule has 2 aromatic heterocycles. The Kier molecular flexibility index (Phi) is 3.11. The van der Waals surface area contributed by atoms with Crippen LogP contribution in [0.4, 0.5) is 0 Å². The lowest BCUT2D eigenvalue weighted by Crippen LogP contribution is -2.12. The first-order valence-electron chi connectivity index (χ1n) is 8.93. The summed E-state index contributed by atoms with van der Waals surface area (Å²) >= 11 is 0. The van der Waals surface area contributed by atoms with Crippen LogP contribution in [0.5, 0.6) is 0 Å². The lowest BCUT2D eigenvalue weighted by Gasteiger charge is -2.18. The number of hydrogen-bond donors (Lipinski definition) is 0. The highest BCUT2D eigenvalue weighted by Crippen LogP contribution is 2.41. The van der Waals surface area contributed by atoms with Crippen molar-refractivity contribution in [3.05, 3.63) is 60.7 Å². The molecule has 0 aliphatic rings. The predicted molar refractivity (Wildman–Crippen MR) is 106 cm³/mol. The van der Waals surface area contributed by atoms with Gasteiger partial charge in [-0.1, -0.05) is 36.4 Å². The van der Waals surface area contributed by atoms with Crippen molar-refractivity contribution >= 4 is 43.7 Å². The molecule has 126 valence electrons. The van der Waals surface area contributed by atoms with Crippen molar-refractivity contribution in [2.45, 2.75) is 19.9 Å². The summed E-state index contributed by atoms with van der Waals surface area (Å²) in [5, 5.41) is 14.0. The molecule has 0 fully saturated rings. The number of nitrogens with zero attached hydrogens (tertiary/aromatic N) is 2. The second-order valence-electron chi connectivity index (χ2n) is 6.98. The monoisotopic (exact) mass is 338 g/mol. The average molecular weight is 338 g/mol. The molecule has 2 unspecified atom stereocenters. The maximum absolute atomic E-state index is 9.43. The summed E-state index contributed by atoms with van der Waals surface area (Å²) < 4.78 is 8.56. The Hall–Kier alpha value is -3.25. The van der Waals surface area contributed by atoms with Gasteiger partial charge in [0.15, 0.2) is 0 Å². The molecule has 3 aromatic carbocycles. The van der Waals surface area contributed by atoms with Gasteiger partial charge in [0, 0.05) is 27.7 Å². The maximum Gasteiger partial charge on any atom is 0.145 e. The molecule has 26 heavy (non-hydrogen) atoms. The molecule has 0 bridgehead atoms. The summed E-state index contributed by atoms with van der Waals surface area (Å²) in [5.41, 5.74) is 4.10. The second kappa shape index (κ2) is 5.37. The zero-order valence-corrected chi connectivity index (χ0v) is 14.7. The number of rotatable bonds is 2. The molecule has 5 aromatic rings. The normalized spacial score (nSPS) is 14.2. The van der Waals surface area contributed by atoms with E-state index in [2.05, 4.69) is 60.0 Å². The third-order valence-corrected chi connectivity index (χ3v) is 5.55. The summed E-state index contributed by atoms with van der Waals surface area (Å²) in [4.78, 5) is 0. The first kappa shape index (κ1) is 15.0. The minimum atomic E-state index is -0.0830. The average Bonchev–Trinajstić information content (AvgIpc) is 3.22. The fraction of sp³-hybridized carbons (Fsp3) is 0.174. The molecule has 2 heterocycles. The Morgan fingerprint density at radius 3 is 2.38 bits per heavy atom. The first-order valence-corrected chi connectivity index (χ1v) is 8.93. The van der Waals surface area contributed by atoms with Crippen molar-refractivity contribution in [3.8, 4) is 6.07 Å². The lowest BCUT2D eigenvalue weighted by atomic mass is 10.1. The molecule has 0 aliphatic carbocycles. The van der Waals surface area contributed by atoms with Gasteiger partial charge in [-0.3, -0.25) is 0 Å². The SMILES string of the molecule is CC(C#N)C(C)n1c2ccccc2c2c3oc4ccccc4c3ccc21. The number of aromatic nitrogens is 1. The molecule has 5 rings (SSSR count). The largest absolute Gasteiger partial charge is 0.455 e. The molecule has 0 saturated heterocycles. The van der Waals surface area contributed by atoms with E-state index in [0.29, 0.717) is 0 Å². The van der Waals surface area contributed by atoms with Crippen LogP contribution in [0.15, 0.2) is 65.1 Å². The minimum absolute atomic E-state index is 0.0734. The van der Waals surface area contributed by atoms with Gasteiger partial charge in [-0.2, -0.15) is 5.26 Å². The third-order valence-electron chi connectivity index (χ3n) is 5.55. The van der Waals surface area contributed by atoms with Crippen LogP contribution in [-0.4, -0.2) is 4.57 Å². The van der Waals surface area contributed by atoms with Crippen LogP contribution >= 0.6 is 0 Å². The van der Waals surface area contributed by atoms with E-state index in [1.807, 2.05) is 25.1 Å². The Labute approximate surface area is 151 Å². The van der Waals surface area contributed by atoms with Gasteiger partial charge in [-0.25, -0.2) is 0 Å². The molecule has 3 heteroatoms. The Morgan fingerprint density at radius 2 is 1.58 bits per heavy atom. The van der Waals surface area contributed by atoms with Crippen LogP contribution in [-0.2, 0) is 0 Å². The van der Waals surface area contributed by atoms with Crippen molar-refractivity contribution in [1.82, 2.24) is 4.57 Å². The van der Waals surface area contributed by atoms with E-state index in [9.17, 15) is 5.26 Å². The van der Waals surface area contributed by atoms with E-state index in [1.165, 1.54) is 5.39 Å². The molecule has 0 amide bonds. The van der Waals surface area contributed by atoms with Gasteiger partial charge in [0.05, 0.1) is 22.9 Å². The summed E-state index contributed by atoms with van der Waals surface area (Å²) in [6.45, 7) is 4.09. The van der Waals surface area contributed by atoms with Crippen molar-refractivity contribution in [1.29, 1.82) is 5.26 Å². The van der Waals surface area contributed by atoms with Crippen LogP contribution in [0.2, 0.25) is 0 Å². The van der Waals surface area contributed by atoms with Crippen LogP contribution in [0, 0.1) is 17.2 Å². The van der Waals surface area contributed by atoms with Gasteiger partial charge in [-0.05, 0) is 38.1 Å². The Morgan fingerprint density at radius 1 is 0.846 bits per heavy atom. The Balaban J connectivity index is 2.00. The zero-order chi connectivity index (χ0) is 17.8. The fourth-order valence-electron chi connectivity index (χ4n) is 4.03. The van der Waals surface area contributed by atoms with Crippen molar-refractivity contribution < 1.29 is 4.42 Å². The molecule has 0 aliphatic heterocycles. The van der Waals surface area contributed by atoms with Gasteiger partial charge in [0.25, 0.3) is 0 Å². The van der Waals surface area contributed by atoms with E-state index in [1.54, 1.807) is 0 Å². The predicted octanol–water partition coefficient (Wildman–Crippen LogP) is 6.41.